The summed E-state index contributed by atoms with van der Waals surface area (Å²) in [7, 11) is -1.00. The van der Waals surface area contributed by atoms with Crippen molar-refractivity contribution in [1.82, 2.24) is 58.2 Å². The third-order valence-electron chi connectivity index (χ3n) is 11.8. The van der Waals surface area contributed by atoms with E-state index in [1.165, 1.54) is 11.6 Å². The molecule has 8 aromatic rings. The summed E-state index contributed by atoms with van der Waals surface area (Å²) in [5, 5.41) is 21.5. The number of aryl methyl sites for hydroxylation is 4. The summed E-state index contributed by atoms with van der Waals surface area (Å²) in [5.41, 5.74) is 11.2. The minimum atomic E-state index is -1.00. The molecule has 17 nitrogen and oxygen atoms in total. The first-order valence-corrected chi connectivity index (χ1v) is 23.4. The standard InChI is InChI=1S/C23H25FN6O.C21H22N6O.C2H4BrF.CH3F.CH2O3.2K.H/c1-15-13-30-21(16(2)25-15)11-20(27-30)19-12-23(31)29-14-18(3-4-22(29)26-19)17-5-8-28(9-6-17)10-7-24;1-13-11-27-19(14(2)23-13)9-18(25-27)17-10-21(28)26-12-16(3-4-20(26)24-17)15-5-7-22-8-6-15;3-1-2-4;1-2;2-1-4-3;;;/h3-4,11-14,17H,5-10H2,1-2H3;3-4,9-12,15,22H,5-8H2,1-2H3;1-2H2;1H3;1,3H;;;/q;;;;;2*+1;-1/p-1/i;;;1D;;;;. The van der Waals surface area contributed by atoms with Gasteiger partial charge in [0.25, 0.3) is 17.6 Å². The van der Waals surface area contributed by atoms with Crippen molar-refractivity contribution in [3.8, 4) is 22.8 Å². The second kappa shape index (κ2) is 29.7. The number of hydrogen-bond donors (Lipinski definition) is 1. The van der Waals surface area contributed by atoms with Gasteiger partial charge in [-0.2, -0.15) is 10.2 Å². The molecular weight excluding hydrogens is 1040 g/mol. The smallest absolute Gasteiger partial charge is 1.00 e. The van der Waals surface area contributed by atoms with Crippen LogP contribution in [0.5, 0.6) is 0 Å². The molecule has 2 saturated heterocycles. The zero-order valence-corrected chi connectivity index (χ0v) is 48.7. The molecular formula is C48H56BrF3K2N12O5. The summed E-state index contributed by atoms with van der Waals surface area (Å²) in [5.74, 6) is 0.873. The molecule has 0 bridgehead atoms. The number of nitrogens with zero attached hydrogens (tertiary/aromatic N) is 11. The molecule has 0 unspecified atom stereocenters. The molecule has 2 aliphatic rings. The molecule has 23 heteroatoms. The Labute approximate surface area is 504 Å². The minimum Gasteiger partial charge on any atom is -1.00 e. The second-order valence-electron chi connectivity index (χ2n) is 16.4. The molecule has 0 aliphatic carbocycles. The third kappa shape index (κ3) is 15.7. The molecule has 1 N–H and O–H groups in total. The molecule has 8 aromatic heterocycles. The Morgan fingerprint density at radius 2 is 1.15 bits per heavy atom. The molecule has 368 valence electrons. The minimum absolute atomic E-state index is 0. The van der Waals surface area contributed by atoms with Gasteiger partial charge in [-0.25, -0.2) is 23.4 Å². The Hall–Kier alpha value is -3.15. The van der Waals surface area contributed by atoms with Gasteiger partial charge in [0.2, 0.25) is 0 Å². The normalized spacial score (nSPS) is 14.0. The van der Waals surface area contributed by atoms with Gasteiger partial charge in [-0.3, -0.25) is 41.9 Å². The van der Waals surface area contributed by atoms with Crippen LogP contribution in [-0.2, 0) is 9.68 Å². The first-order valence-electron chi connectivity index (χ1n) is 23.0. The van der Waals surface area contributed by atoms with Crippen LogP contribution < -0.4 is 124 Å². The number of rotatable bonds is 8. The van der Waals surface area contributed by atoms with Crippen LogP contribution in [0.1, 0.15) is 74.2 Å². The third-order valence-corrected chi connectivity index (χ3v) is 12.1. The van der Waals surface area contributed by atoms with E-state index in [4.69, 9.17) is 21.4 Å². The second-order valence-corrected chi connectivity index (χ2v) is 17.2. The number of pyridine rings is 2. The van der Waals surface area contributed by atoms with E-state index < -0.39 is 7.15 Å². The van der Waals surface area contributed by atoms with Crippen molar-refractivity contribution in [1.29, 1.82) is 0 Å². The van der Waals surface area contributed by atoms with Crippen molar-refractivity contribution >= 4 is 44.7 Å². The summed E-state index contributed by atoms with van der Waals surface area (Å²) in [6.45, 7) is 11.4. The number of hydrogen-bond acceptors (Lipinski definition) is 13. The van der Waals surface area contributed by atoms with Crippen molar-refractivity contribution < 1.29 is 134 Å². The summed E-state index contributed by atoms with van der Waals surface area (Å²) in [6.07, 6.45) is 11.7. The van der Waals surface area contributed by atoms with E-state index in [2.05, 4.69) is 63.3 Å². The predicted octanol–water partition coefficient (Wildman–Crippen LogP) is 0.150. The number of nitrogens with one attached hydrogen (secondary N) is 1. The quantitative estimate of drug-likeness (QED) is 0.0712. The number of piperidine rings is 2. The average molecular weight is 1100 g/mol. The Morgan fingerprint density at radius 1 is 0.732 bits per heavy atom. The van der Waals surface area contributed by atoms with E-state index >= 15 is 0 Å². The molecule has 0 spiro atoms. The van der Waals surface area contributed by atoms with Gasteiger partial charge in [0.1, 0.15) is 29.4 Å². The summed E-state index contributed by atoms with van der Waals surface area (Å²) in [4.78, 5) is 57.5. The van der Waals surface area contributed by atoms with E-state index in [0.717, 1.165) is 91.2 Å². The molecule has 0 amide bonds. The molecule has 0 radical (unpaired) electrons. The van der Waals surface area contributed by atoms with Crippen molar-refractivity contribution in [2.24, 2.45) is 0 Å². The van der Waals surface area contributed by atoms with E-state index in [0.29, 0.717) is 57.8 Å². The Kier molecular flexibility index (Phi) is 24.5. The fraction of sp³-hybridized carbons (Fsp3) is 0.396. The molecule has 2 aliphatic heterocycles. The van der Waals surface area contributed by atoms with E-state index in [1.54, 1.807) is 23.9 Å². The Morgan fingerprint density at radius 3 is 1.55 bits per heavy atom. The number of likely N-dealkylation sites (tertiary alicyclic amines) is 1. The number of halogens is 4. The maximum absolute atomic E-state index is 12.9. The van der Waals surface area contributed by atoms with Gasteiger partial charge in [-0.05, 0) is 127 Å². The van der Waals surface area contributed by atoms with Crippen LogP contribution in [0.3, 0.4) is 0 Å². The first kappa shape index (κ1) is 58.7. The number of aromatic nitrogens is 10. The molecule has 0 atom stereocenters. The van der Waals surface area contributed by atoms with Crippen LogP contribution in [0.4, 0.5) is 13.2 Å². The van der Waals surface area contributed by atoms with E-state index in [1.807, 2.05) is 76.7 Å². The fourth-order valence-electron chi connectivity index (χ4n) is 8.58. The van der Waals surface area contributed by atoms with Gasteiger partial charge in [-0.1, -0.05) is 28.1 Å². The average Bonchev–Trinajstić information content (AvgIpc) is 4.01. The summed E-state index contributed by atoms with van der Waals surface area (Å²) in [6, 6.07) is 15.0. The van der Waals surface area contributed by atoms with Crippen molar-refractivity contribution in [3.05, 3.63) is 128 Å². The number of carbonyl (C=O) groups excluding carboxylic acids is 1. The Balaban J connectivity index is 0.000000311. The molecule has 2 fully saturated rings. The molecule has 0 saturated carbocycles. The van der Waals surface area contributed by atoms with Crippen LogP contribution in [0.15, 0.2) is 82.9 Å². The molecule has 0 aromatic carbocycles. The number of carbonyl (C=O) groups is 1. The fourth-order valence-corrected chi connectivity index (χ4v) is 8.58. The topological polar surface area (TPSA) is 194 Å². The maximum Gasteiger partial charge on any atom is 1.00 e. The zero-order valence-electron chi connectivity index (χ0n) is 42.8. The Bertz CT molecular complexity index is 3150. The van der Waals surface area contributed by atoms with Gasteiger partial charge in [-0.15, -0.1) is 0 Å². The summed E-state index contributed by atoms with van der Waals surface area (Å²) < 4.78 is 45.6. The molecule has 10 rings (SSSR count). The van der Waals surface area contributed by atoms with E-state index in [-0.39, 0.29) is 135 Å². The molecule has 71 heavy (non-hydrogen) atoms. The number of fused-ring (bicyclic) bond motifs is 4. The van der Waals surface area contributed by atoms with Gasteiger partial charge in [0, 0.05) is 36.4 Å². The maximum atomic E-state index is 12.9. The first-order chi connectivity index (χ1) is 33.8. The largest absolute Gasteiger partial charge is 1.00 e. The van der Waals surface area contributed by atoms with Crippen LogP contribution in [0.2, 0.25) is 0 Å². The van der Waals surface area contributed by atoms with Gasteiger partial charge >= 0.3 is 103 Å². The number of alkyl halides is 4. The predicted molar refractivity (Wildman–Crippen MR) is 260 cm³/mol. The zero-order chi connectivity index (χ0) is 50.3. The SMILES string of the molecule is Cc1cn2nc(-c3cc(=O)n4cc(C5CCN(CCF)CC5)ccc4n3)cc2c(C)n1.Cc1cn2nc(-c3cc(=O)n4cc(C5CCNCC5)ccc4n3)cc2c(C)n1.FCCBr.O=CO[O-].[2H]CF.[H-].[K+].[K+]. The van der Waals surface area contributed by atoms with Crippen LogP contribution >= 0.6 is 15.9 Å². The monoisotopic (exact) mass is 1100 g/mol. The molecule has 10 heterocycles. The van der Waals surface area contributed by atoms with Crippen molar-refractivity contribution in [2.45, 2.75) is 65.2 Å². The van der Waals surface area contributed by atoms with Gasteiger partial charge in [0.05, 0.1) is 72.8 Å². The van der Waals surface area contributed by atoms with Gasteiger partial charge < -0.3 is 21.8 Å². The van der Waals surface area contributed by atoms with E-state index in [9.17, 15) is 22.8 Å². The van der Waals surface area contributed by atoms with Crippen LogP contribution in [0, 0.1) is 27.7 Å². The van der Waals surface area contributed by atoms with Crippen LogP contribution in [-0.4, -0.2) is 118 Å². The van der Waals surface area contributed by atoms with Crippen molar-refractivity contribution in [3.63, 3.8) is 0 Å². The van der Waals surface area contributed by atoms with Gasteiger partial charge in [0.15, 0.2) is 0 Å². The summed E-state index contributed by atoms with van der Waals surface area (Å²) >= 11 is 2.87. The van der Waals surface area contributed by atoms with Crippen molar-refractivity contribution in [2.75, 3.05) is 58.6 Å². The van der Waals surface area contributed by atoms with Crippen LogP contribution in [0.25, 0.3) is 45.1 Å².